The Kier molecular flexibility index (Phi) is 51.3. The van der Waals surface area contributed by atoms with Gasteiger partial charge in [0.2, 0.25) is 5.91 Å². The number of carbonyl (C=O) groups is 3. The average molecular weight is 1020 g/mol. The minimum Gasteiger partial charge on any atom is -0.480 e. The number of esters is 1. The van der Waals surface area contributed by atoms with E-state index in [1.807, 2.05) is 0 Å². The summed E-state index contributed by atoms with van der Waals surface area (Å²) in [4.78, 5) is 46.3. The van der Waals surface area contributed by atoms with Gasteiger partial charge in [0.15, 0.2) is 6.04 Å². The fraction of sp³-hybridized carbons (Fsp3) is 0.780. The molecule has 0 spiro atoms. The van der Waals surface area contributed by atoms with Crippen LogP contribution in [0.3, 0.4) is 0 Å². The summed E-state index contributed by atoms with van der Waals surface area (Å²) >= 11 is 0. The van der Waals surface area contributed by atoms with Gasteiger partial charge >= 0.3 is 19.8 Å². The van der Waals surface area contributed by atoms with E-state index in [4.69, 9.17) is 13.8 Å². The maximum atomic E-state index is 12.4. The molecule has 71 heavy (non-hydrogen) atoms. The molecule has 412 valence electrons. The van der Waals surface area contributed by atoms with Crippen molar-refractivity contribution in [3.8, 4) is 0 Å². The highest BCUT2D eigenvalue weighted by Crippen LogP contribution is 2.43. The van der Waals surface area contributed by atoms with Crippen LogP contribution in [0, 0.1) is 0 Å². The van der Waals surface area contributed by atoms with Gasteiger partial charge in [-0.1, -0.05) is 254 Å². The van der Waals surface area contributed by atoms with E-state index in [0.717, 1.165) is 96.3 Å². The number of aliphatic carboxylic acids is 1. The highest BCUT2D eigenvalue weighted by atomic mass is 31.2. The van der Waals surface area contributed by atoms with E-state index < -0.39 is 57.6 Å². The average Bonchev–Trinajstić information content (AvgIpc) is 3.35. The number of carbonyl (C=O) groups excluding carboxylic acids is 2. The molecule has 0 heterocycles. The quantitative estimate of drug-likeness (QED) is 0.0199. The number of carboxylic acids is 1. The third-order valence-electron chi connectivity index (χ3n) is 12.6. The molecule has 0 aliphatic rings. The van der Waals surface area contributed by atoms with E-state index in [2.05, 4.69) is 79.9 Å². The van der Waals surface area contributed by atoms with Crippen LogP contribution in [0.5, 0.6) is 0 Å². The molecule has 0 aromatic rings. The van der Waals surface area contributed by atoms with E-state index in [-0.39, 0.29) is 12.8 Å². The van der Waals surface area contributed by atoms with Crippen molar-refractivity contribution < 1.29 is 47.8 Å². The normalized spacial score (nSPS) is 13.9. The Balaban J connectivity index is 3.78. The van der Waals surface area contributed by atoms with Crippen molar-refractivity contribution in [3.63, 3.8) is 0 Å². The molecule has 0 rings (SSSR count). The topological polar surface area (TPSA) is 169 Å². The van der Waals surface area contributed by atoms with Crippen LogP contribution < -0.4 is 5.32 Å². The Morgan fingerprint density at radius 2 is 0.817 bits per heavy atom. The zero-order valence-corrected chi connectivity index (χ0v) is 46.2. The fourth-order valence-corrected chi connectivity index (χ4v) is 8.94. The number of ether oxygens (including phenoxy) is 1. The zero-order valence-electron chi connectivity index (χ0n) is 45.3. The molecule has 3 unspecified atom stereocenters. The van der Waals surface area contributed by atoms with Crippen molar-refractivity contribution in [2.75, 3.05) is 19.8 Å². The number of amides is 1. The number of aliphatic hydroxyl groups excluding tert-OH is 1. The first-order valence-corrected chi connectivity index (χ1v) is 30.3. The van der Waals surface area contributed by atoms with E-state index in [1.54, 1.807) is 0 Å². The van der Waals surface area contributed by atoms with Crippen molar-refractivity contribution >= 4 is 25.7 Å². The summed E-state index contributed by atoms with van der Waals surface area (Å²) in [6, 6.07) is -1.56. The molecule has 0 aromatic carbocycles. The van der Waals surface area contributed by atoms with Crippen molar-refractivity contribution in [1.82, 2.24) is 5.32 Å². The van der Waals surface area contributed by atoms with Crippen LogP contribution in [-0.4, -0.2) is 64.9 Å². The van der Waals surface area contributed by atoms with Gasteiger partial charge in [-0.3, -0.25) is 18.6 Å². The SMILES string of the molecule is CC/C=C\C/C=C\C/C=C\C/C=C\C/C=C\CCCCCCCCCC(=O)NC(COP(=O)(O)OCC(O)COC(=O)CCCCCCCCCCCCCCCCCCCCCCCCCC)C(=O)O. The Hall–Kier alpha value is -2.82. The molecule has 11 nitrogen and oxygen atoms in total. The second-order valence-electron chi connectivity index (χ2n) is 19.5. The molecule has 0 bridgehead atoms. The Labute approximate surface area is 434 Å². The second-order valence-corrected chi connectivity index (χ2v) is 20.9. The molecule has 0 aliphatic heterocycles. The summed E-state index contributed by atoms with van der Waals surface area (Å²) in [5, 5.41) is 22.0. The standard InChI is InChI=1S/C59H106NO10P/c1-3-5-7-9-11-13-15-17-19-21-23-25-27-29-31-33-35-37-39-41-43-45-47-49-51-58(63)68-52-55(61)53-69-71(66,67)70-54-56(59(64)65)60-57(62)50-48-46-44-42-40-38-36-34-32-30-28-26-24-22-20-18-16-14-12-10-8-6-4-2/h6,8,12,14,18,20,24,26,30,32,55-56,61H,3-5,7,9-11,13,15-17,19,21-23,25,27-29,31,33-54H2,1-2H3,(H,60,62)(H,64,65)(H,66,67)/b8-6-,14-12-,20-18-,26-24-,32-30-. The van der Waals surface area contributed by atoms with Gasteiger partial charge in [-0.2, -0.15) is 0 Å². The van der Waals surface area contributed by atoms with Gasteiger partial charge < -0.3 is 25.2 Å². The van der Waals surface area contributed by atoms with Gasteiger partial charge in [0.25, 0.3) is 0 Å². The predicted molar refractivity (Wildman–Crippen MR) is 295 cm³/mol. The molecule has 0 fully saturated rings. The van der Waals surface area contributed by atoms with Gasteiger partial charge in [0.05, 0.1) is 13.2 Å². The highest BCUT2D eigenvalue weighted by molar-refractivity contribution is 7.47. The summed E-state index contributed by atoms with van der Waals surface area (Å²) in [7, 11) is -4.77. The Morgan fingerprint density at radius 1 is 0.465 bits per heavy atom. The molecule has 12 heteroatoms. The summed E-state index contributed by atoms with van der Waals surface area (Å²) in [5.74, 6) is -2.38. The van der Waals surface area contributed by atoms with Crippen molar-refractivity contribution in [3.05, 3.63) is 60.8 Å². The highest BCUT2D eigenvalue weighted by Gasteiger charge is 2.28. The first-order chi connectivity index (χ1) is 34.6. The van der Waals surface area contributed by atoms with Crippen LogP contribution in [0.2, 0.25) is 0 Å². The zero-order chi connectivity index (χ0) is 52.0. The van der Waals surface area contributed by atoms with Gasteiger partial charge in [-0.15, -0.1) is 0 Å². The van der Waals surface area contributed by atoms with Crippen LogP contribution in [0.1, 0.15) is 264 Å². The maximum Gasteiger partial charge on any atom is 0.472 e. The largest absolute Gasteiger partial charge is 0.480 e. The Morgan fingerprint density at radius 3 is 1.23 bits per heavy atom. The molecule has 4 N–H and O–H groups in total. The number of nitrogens with one attached hydrogen (secondary N) is 1. The maximum absolute atomic E-state index is 12.4. The monoisotopic (exact) mass is 1020 g/mol. The number of unbranched alkanes of at least 4 members (excludes halogenated alkanes) is 30. The van der Waals surface area contributed by atoms with Crippen LogP contribution >= 0.6 is 7.82 Å². The molecule has 3 atom stereocenters. The number of carboxylic acid groups (broad SMARTS) is 1. The number of hydrogen-bond donors (Lipinski definition) is 4. The minimum absolute atomic E-state index is 0.131. The van der Waals surface area contributed by atoms with Crippen LogP contribution in [0.25, 0.3) is 0 Å². The van der Waals surface area contributed by atoms with Crippen LogP contribution in [0.4, 0.5) is 0 Å². The lowest BCUT2D eigenvalue weighted by Gasteiger charge is -2.18. The van der Waals surface area contributed by atoms with Gasteiger partial charge in [0.1, 0.15) is 12.7 Å². The van der Waals surface area contributed by atoms with Crippen LogP contribution in [-0.2, 0) is 32.7 Å². The summed E-state index contributed by atoms with van der Waals surface area (Å²) in [6.45, 7) is 2.53. The first-order valence-electron chi connectivity index (χ1n) is 28.8. The Bertz CT molecular complexity index is 1430. The second kappa shape index (κ2) is 53.5. The van der Waals surface area contributed by atoms with Crippen molar-refractivity contribution in [1.29, 1.82) is 0 Å². The lowest BCUT2D eigenvalue weighted by molar-refractivity contribution is -0.147. The number of aliphatic hydroxyl groups is 1. The summed E-state index contributed by atoms with van der Waals surface area (Å²) in [5.41, 5.74) is 0. The number of phosphoric acid groups is 1. The molecular formula is C59H106NO10P. The first kappa shape index (κ1) is 68.2. The number of rotatable bonds is 54. The molecule has 0 aliphatic carbocycles. The van der Waals surface area contributed by atoms with Gasteiger partial charge in [-0.05, 0) is 57.8 Å². The molecule has 0 saturated carbocycles. The number of phosphoric ester groups is 1. The van der Waals surface area contributed by atoms with Gasteiger partial charge in [-0.25, -0.2) is 9.36 Å². The van der Waals surface area contributed by atoms with E-state index in [0.29, 0.717) is 12.8 Å². The number of hydrogen-bond acceptors (Lipinski definition) is 8. The van der Waals surface area contributed by atoms with E-state index in [9.17, 15) is 34.1 Å². The predicted octanol–water partition coefficient (Wildman–Crippen LogP) is 16.6. The smallest absolute Gasteiger partial charge is 0.472 e. The van der Waals surface area contributed by atoms with Crippen molar-refractivity contribution in [2.45, 2.75) is 276 Å². The fourth-order valence-electron chi connectivity index (χ4n) is 8.17. The summed E-state index contributed by atoms with van der Waals surface area (Å²) < 4.78 is 27.0. The molecule has 0 saturated heterocycles. The van der Waals surface area contributed by atoms with Gasteiger partial charge in [0, 0.05) is 12.8 Å². The lowest BCUT2D eigenvalue weighted by atomic mass is 10.0. The third-order valence-corrected chi connectivity index (χ3v) is 13.5. The van der Waals surface area contributed by atoms with Crippen LogP contribution in [0.15, 0.2) is 60.8 Å². The molecule has 1 amide bonds. The summed E-state index contributed by atoms with van der Waals surface area (Å²) in [6.07, 6.45) is 65.4. The van der Waals surface area contributed by atoms with E-state index in [1.165, 1.54) is 128 Å². The third kappa shape index (κ3) is 53.3. The number of allylic oxidation sites excluding steroid dienone is 10. The molecule has 0 radical (unpaired) electrons. The van der Waals surface area contributed by atoms with Crippen molar-refractivity contribution in [2.24, 2.45) is 0 Å². The van der Waals surface area contributed by atoms with E-state index >= 15 is 0 Å². The lowest BCUT2D eigenvalue weighted by Crippen LogP contribution is -2.43. The molecular weight excluding hydrogens is 914 g/mol. The molecule has 0 aromatic heterocycles. The minimum atomic E-state index is -4.77.